The molecule has 1 saturated carbocycles. The van der Waals surface area contributed by atoms with Gasteiger partial charge in [0.05, 0.1) is 16.8 Å². The summed E-state index contributed by atoms with van der Waals surface area (Å²) < 4.78 is 16.7. The van der Waals surface area contributed by atoms with Gasteiger partial charge in [0.1, 0.15) is 0 Å². The Labute approximate surface area is 191 Å². The number of ether oxygens (including phenoxy) is 3. The fourth-order valence-corrected chi connectivity index (χ4v) is 4.98. The molecule has 3 aliphatic rings. The summed E-state index contributed by atoms with van der Waals surface area (Å²) >= 11 is 0. The number of para-hydroxylation sites is 1. The van der Waals surface area contributed by atoms with Crippen molar-refractivity contribution in [2.75, 3.05) is 6.79 Å². The molecule has 1 aliphatic heterocycles. The van der Waals surface area contributed by atoms with Gasteiger partial charge in [0.25, 0.3) is 0 Å². The predicted molar refractivity (Wildman–Crippen MR) is 123 cm³/mol. The van der Waals surface area contributed by atoms with Gasteiger partial charge in [-0.15, -0.1) is 0 Å². The van der Waals surface area contributed by atoms with Crippen LogP contribution in [0.4, 0.5) is 0 Å². The Morgan fingerprint density at radius 2 is 1.91 bits per heavy atom. The standard InChI is InChI=1S/C27H23NO5/c29-21-7-3-4-8-22(21)33-27(30)25-18-5-1-2-6-20(18)28-26-17(10-11-19(25)26)13-16-9-12-23-24(14-16)32-15-31-23/h1-2,5-6,9,12-14,22H,3-4,7-8,10-11,15H2/b17-13-. The molecule has 6 nitrogen and oxygen atoms in total. The number of carbonyl (C=O) groups excluding carboxylic acids is 2. The molecule has 0 bridgehead atoms. The highest BCUT2D eigenvalue weighted by Gasteiger charge is 2.31. The molecule has 2 aromatic carbocycles. The summed E-state index contributed by atoms with van der Waals surface area (Å²) in [5, 5.41) is 0.772. The molecule has 3 aromatic rings. The molecule has 33 heavy (non-hydrogen) atoms. The van der Waals surface area contributed by atoms with Crippen LogP contribution in [0.5, 0.6) is 11.5 Å². The van der Waals surface area contributed by atoms with Crippen LogP contribution < -0.4 is 9.47 Å². The third-order valence-electron chi connectivity index (χ3n) is 6.63. The number of Topliss-reactive ketones (excluding diaryl/α,β-unsaturated/α-hetero) is 1. The average molecular weight is 441 g/mol. The fourth-order valence-electron chi connectivity index (χ4n) is 4.98. The SMILES string of the molecule is O=C(OC1CCCCC1=O)c1c2c(nc3ccccc13)/C(=C\c1ccc3c(c1)OCO3)CC2. The molecule has 1 unspecified atom stereocenters. The molecule has 1 fully saturated rings. The van der Waals surface area contributed by atoms with Crippen molar-refractivity contribution in [1.82, 2.24) is 4.98 Å². The summed E-state index contributed by atoms with van der Waals surface area (Å²) in [5.74, 6) is 1.08. The van der Waals surface area contributed by atoms with Gasteiger partial charge < -0.3 is 14.2 Å². The van der Waals surface area contributed by atoms with Crippen LogP contribution in [0.3, 0.4) is 0 Å². The Balaban J connectivity index is 1.41. The molecule has 2 aliphatic carbocycles. The van der Waals surface area contributed by atoms with E-state index in [1.165, 1.54) is 0 Å². The van der Waals surface area contributed by atoms with E-state index in [1.54, 1.807) is 0 Å². The highest BCUT2D eigenvalue weighted by Crippen LogP contribution is 2.39. The smallest absolute Gasteiger partial charge is 0.339 e. The van der Waals surface area contributed by atoms with Crippen molar-refractivity contribution >= 4 is 34.3 Å². The zero-order valence-electron chi connectivity index (χ0n) is 18.1. The minimum Gasteiger partial charge on any atom is -0.454 e. The first kappa shape index (κ1) is 20.0. The molecule has 0 N–H and O–H groups in total. The number of hydrogen-bond donors (Lipinski definition) is 0. The van der Waals surface area contributed by atoms with Crippen molar-refractivity contribution in [2.45, 2.75) is 44.6 Å². The molecule has 166 valence electrons. The maximum Gasteiger partial charge on any atom is 0.339 e. The van der Waals surface area contributed by atoms with Crippen LogP contribution in [0, 0.1) is 0 Å². The number of rotatable bonds is 3. The van der Waals surface area contributed by atoms with Gasteiger partial charge in [-0.25, -0.2) is 9.78 Å². The number of aromatic nitrogens is 1. The number of nitrogens with zero attached hydrogens (tertiary/aromatic N) is 1. The second-order valence-electron chi connectivity index (χ2n) is 8.72. The first-order valence-corrected chi connectivity index (χ1v) is 11.4. The van der Waals surface area contributed by atoms with E-state index in [2.05, 4.69) is 6.08 Å². The molecule has 2 heterocycles. The summed E-state index contributed by atoms with van der Waals surface area (Å²) in [6.45, 7) is 0.237. The monoisotopic (exact) mass is 441 g/mol. The van der Waals surface area contributed by atoms with Gasteiger partial charge in [0, 0.05) is 11.8 Å². The number of hydrogen-bond acceptors (Lipinski definition) is 6. The summed E-state index contributed by atoms with van der Waals surface area (Å²) in [4.78, 5) is 30.6. The number of esters is 1. The zero-order chi connectivity index (χ0) is 22.4. The van der Waals surface area contributed by atoms with Crippen molar-refractivity contribution < 1.29 is 23.8 Å². The second kappa shape index (κ2) is 8.03. The van der Waals surface area contributed by atoms with E-state index < -0.39 is 12.1 Å². The molecule has 0 radical (unpaired) electrons. The van der Waals surface area contributed by atoms with Gasteiger partial charge in [-0.05, 0) is 73.1 Å². The van der Waals surface area contributed by atoms with E-state index >= 15 is 0 Å². The Bertz CT molecular complexity index is 1330. The quantitative estimate of drug-likeness (QED) is 0.525. The number of allylic oxidation sites excluding steroid dienone is 1. The Hall–Kier alpha value is -3.67. The Morgan fingerprint density at radius 1 is 1.03 bits per heavy atom. The van der Waals surface area contributed by atoms with E-state index in [9.17, 15) is 9.59 Å². The van der Waals surface area contributed by atoms with Crippen molar-refractivity contribution in [2.24, 2.45) is 0 Å². The third kappa shape index (κ3) is 3.55. The van der Waals surface area contributed by atoms with Crippen LogP contribution in [0.2, 0.25) is 0 Å². The third-order valence-corrected chi connectivity index (χ3v) is 6.63. The van der Waals surface area contributed by atoms with Crippen molar-refractivity contribution in [3.8, 4) is 11.5 Å². The van der Waals surface area contributed by atoms with Crippen LogP contribution >= 0.6 is 0 Å². The van der Waals surface area contributed by atoms with E-state index in [4.69, 9.17) is 19.2 Å². The van der Waals surface area contributed by atoms with E-state index in [1.807, 2.05) is 42.5 Å². The topological polar surface area (TPSA) is 74.7 Å². The van der Waals surface area contributed by atoms with Crippen molar-refractivity contribution in [3.63, 3.8) is 0 Å². The Morgan fingerprint density at radius 3 is 2.82 bits per heavy atom. The number of carbonyl (C=O) groups is 2. The molecule has 1 aromatic heterocycles. The van der Waals surface area contributed by atoms with Crippen molar-refractivity contribution in [1.29, 1.82) is 0 Å². The first-order valence-electron chi connectivity index (χ1n) is 11.4. The number of ketones is 1. The largest absolute Gasteiger partial charge is 0.454 e. The normalized spacial score (nSPS) is 20.3. The van der Waals surface area contributed by atoms with Crippen LogP contribution in [-0.4, -0.2) is 29.6 Å². The molecule has 1 atom stereocenters. The molecule has 0 amide bonds. The second-order valence-corrected chi connectivity index (χ2v) is 8.72. The molecule has 0 spiro atoms. The summed E-state index contributed by atoms with van der Waals surface area (Å²) in [6.07, 6.45) is 5.78. The van der Waals surface area contributed by atoms with Gasteiger partial charge >= 0.3 is 5.97 Å². The fraction of sp³-hybridized carbons (Fsp3) is 0.296. The molecular formula is C27H23NO5. The zero-order valence-corrected chi connectivity index (χ0v) is 18.1. The molecule has 0 saturated heterocycles. The average Bonchev–Trinajstić information content (AvgIpc) is 3.45. The number of pyridine rings is 1. The van der Waals surface area contributed by atoms with Crippen LogP contribution in [0.25, 0.3) is 22.6 Å². The van der Waals surface area contributed by atoms with Crippen molar-refractivity contribution in [3.05, 3.63) is 64.8 Å². The van der Waals surface area contributed by atoms with Gasteiger partial charge in [-0.3, -0.25) is 4.79 Å². The highest BCUT2D eigenvalue weighted by molar-refractivity contribution is 6.08. The van der Waals surface area contributed by atoms with E-state index in [0.717, 1.165) is 64.1 Å². The lowest BCUT2D eigenvalue weighted by atomic mass is 9.96. The molecule has 6 rings (SSSR count). The van der Waals surface area contributed by atoms with Crippen LogP contribution in [-0.2, 0) is 16.0 Å². The predicted octanol–water partition coefficient (Wildman–Crippen LogP) is 5.12. The minimum atomic E-state index is -0.640. The number of benzene rings is 2. The van der Waals surface area contributed by atoms with E-state index in [-0.39, 0.29) is 12.6 Å². The maximum absolute atomic E-state index is 13.4. The van der Waals surface area contributed by atoms with E-state index in [0.29, 0.717) is 24.8 Å². The van der Waals surface area contributed by atoms with Gasteiger partial charge in [0.15, 0.2) is 23.4 Å². The van der Waals surface area contributed by atoms with Gasteiger partial charge in [-0.1, -0.05) is 24.3 Å². The molecular weight excluding hydrogens is 418 g/mol. The van der Waals surface area contributed by atoms with Gasteiger partial charge in [-0.2, -0.15) is 0 Å². The van der Waals surface area contributed by atoms with Crippen LogP contribution in [0.1, 0.15) is 59.3 Å². The summed E-state index contributed by atoms with van der Waals surface area (Å²) in [5.41, 5.74) is 5.08. The summed E-state index contributed by atoms with van der Waals surface area (Å²) in [6, 6.07) is 13.5. The maximum atomic E-state index is 13.4. The Kier molecular flexibility index (Phi) is 4.86. The highest BCUT2D eigenvalue weighted by atomic mass is 16.7. The summed E-state index contributed by atoms with van der Waals surface area (Å²) in [7, 11) is 0. The first-order chi connectivity index (χ1) is 16.2. The lowest BCUT2D eigenvalue weighted by Gasteiger charge is -2.21. The van der Waals surface area contributed by atoms with Crippen LogP contribution in [0.15, 0.2) is 42.5 Å². The minimum absolute atomic E-state index is 0.0213. The lowest BCUT2D eigenvalue weighted by Crippen LogP contribution is -2.30. The molecule has 6 heteroatoms. The van der Waals surface area contributed by atoms with Gasteiger partial charge in [0.2, 0.25) is 6.79 Å². The number of fused-ring (bicyclic) bond motifs is 3. The lowest BCUT2D eigenvalue weighted by molar-refractivity contribution is -0.129.